The van der Waals surface area contributed by atoms with Gasteiger partial charge in [-0.25, -0.2) is 0 Å². The summed E-state index contributed by atoms with van der Waals surface area (Å²) in [5.41, 5.74) is 6.18. The smallest absolute Gasteiger partial charge is 0.193 e. The van der Waals surface area contributed by atoms with Crippen LogP contribution in [0.1, 0.15) is 15.9 Å². The monoisotopic (exact) mass is 306 g/mol. The van der Waals surface area contributed by atoms with Crippen molar-refractivity contribution in [1.29, 1.82) is 0 Å². The number of fused-ring (bicyclic) bond motifs is 3. The molecule has 0 atom stereocenters. The molecule has 0 heterocycles. The molecule has 0 amide bonds. The summed E-state index contributed by atoms with van der Waals surface area (Å²) in [7, 11) is 0. The van der Waals surface area contributed by atoms with Crippen LogP contribution in [0.25, 0.3) is 33.0 Å². The van der Waals surface area contributed by atoms with Crippen molar-refractivity contribution in [3.63, 3.8) is 0 Å². The van der Waals surface area contributed by atoms with Gasteiger partial charge in [-0.1, -0.05) is 78.9 Å². The molecule has 112 valence electrons. The fourth-order valence-corrected chi connectivity index (χ4v) is 3.75. The second-order valence-corrected chi connectivity index (χ2v) is 6.13. The maximum Gasteiger partial charge on any atom is 0.193 e. The van der Waals surface area contributed by atoms with Crippen LogP contribution >= 0.6 is 0 Å². The summed E-state index contributed by atoms with van der Waals surface area (Å²) >= 11 is 0. The second kappa shape index (κ2) is 4.90. The van der Waals surface area contributed by atoms with Crippen LogP contribution in [0.4, 0.5) is 0 Å². The first-order valence-corrected chi connectivity index (χ1v) is 8.10. The third-order valence-corrected chi connectivity index (χ3v) is 4.81. The van der Waals surface area contributed by atoms with Crippen molar-refractivity contribution in [1.82, 2.24) is 0 Å². The molecule has 5 rings (SSSR count). The van der Waals surface area contributed by atoms with Gasteiger partial charge in [-0.15, -0.1) is 0 Å². The van der Waals surface area contributed by atoms with Crippen LogP contribution in [0.5, 0.6) is 0 Å². The normalized spacial score (nSPS) is 11.5. The number of benzene rings is 4. The lowest BCUT2D eigenvalue weighted by atomic mass is 9.92. The molecule has 0 aromatic heterocycles. The van der Waals surface area contributed by atoms with Crippen molar-refractivity contribution >= 4 is 16.6 Å². The molecule has 24 heavy (non-hydrogen) atoms. The number of carbonyl (C=O) groups excluding carboxylic acids is 1. The van der Waals surface area contributed by atoms with Gasteiger partial charge in [0, 0.05) is 16.7 Å². The van der Waals surface area contributed by atoms with Gasteiger partial charge in [0.1, 0.15) is 0 Å². The third kappa shape index (κ3) is 1.73. The Morgan fingerprint density at radius 3 is 2.12 bits per heavy atom. The maximum absolute atomic E-state index is 13.1. The number of ketones is 1. The zero-order valence-electron chi connectivity index (χ0n) is 13.0. The Morgan fingerprint density at radius 1 is 0.583 bits per heavy atom. The molecule has 0 fully saturated rings. The van der Waals surface area contributed by atoms with E-state index in [0.717, 1.165) is 22.3 Å². The van der Waals surface area contributed by atoms with Crippen molar-refractivity contribution in [3.8, 4) is 22.3 Å². The van der Waals surface area contributed by atoms with Gasteiger partial charge in [-0.3, -0.25) is 4.79 Å². The SMILES string of the molecule is O=C(c1ccccc1)c1ccc2cccc3c2c1-c1ccccc1-3. The molecule has 4 aromatic carbocycles. The average molecular weight is 306 g/mol. The van der Waals surface area contributed by atoms with E-state index in [1.54, 1.807) is 0 Å². The summed E-state index contributed by atoms with van der Waals surface area (Å²) in [5, 5.41) is 2.38. The van der Waals surface area contributed by atoms with Gasteiger partial charge < -0.3 is 0 Å². The fraction of sp³-hybridized carbons (Fsp3) is 0. The lowest BCUT2D eigenvalue weighted by molar-refractivity contribution is 0.103. The molecule has 0 unspecified atom stereocenters. The van der Waals surface area contributed by atoms with Crippen molar-refractivity contribution in [2.24, 2.45) is 0 Å². The minimum absolute atomic E-state index is 0.0824. The minimum atomic E-state index is 0.0824. The first-order valence-electron chi connectivity index (χ1n) is 8.10. The Morgan fingerprint density at radius 2 is 1.29 bits per heavy atom. The molecule has 0 saturated heterocycles. The maximum atomic E-state index is 13.1. The number of hydrogen-bond acceptors (Lipinski definition) is 1. The molecule has 0 N–H and O–H groups in total. The van der Waals surface area contributed by atoms with Gasteiger partial charge in [0.05, 0.1) is 0 Å². The van der Waals surface area contributed by atoms with Crippen LogP contribution in [0.2, 0.25) is 0 Å². The summed E-state index contributed by atoms with van der Waals surface area (Å²) < 4.78 is 0. The van der Waals surface area contributed by atoms with Gasteiger partial charge in [0.25, 0.3) is 0 Å². The summed E-state index contributed by atoms with van der Waals surface area (Å²) in [5.74, 6) is 0.0824. The lowest BCUT2D eigenvalue weighted by Crippen LogP contribution is -2.03. The standard InChI is InChI=1S/C23H14O/c24-23(16-7-2-1-3-8-16)20-14-13-15-9-6-12-18-17-10-4-5-11-19(17)22(20)21(15)18/h1-14H. The fourth-order valence-electron chi connectivity index (χ4n) is 3.75. The molecule has 4 aromatic rings. The van der Waals surface area contributed by atoms with E-state index in [4.69, 9.17) is 0 Å². The third-order valence-electron chi connectivity index (χ3n) is 4.81. The quantitative estimate of drug-likeness (QED) is 0.381. The molecule has 1 heteroatoms. The van der Waals surface area contributed by atoms with Crippen molar-refractivity contribution in [3.05, 3.63) is 96.1 Å². The summed E-state index contributed by atoms with van der Waals surface area (Å²) in [6.45, 7) is 0. The number of rotatable bonds is 2. The van der Waals surface area contributed by atoms with Crippen LogP contribution in [0, 0.1) is 0 Å². The minimum Gasteiger partial charge on any atom is -0.289 e. The molecule has 1 aliphatic rings. The molecule has 0 radical (unpaired) electrons. The largest absolute Gasteiger partial charge is 0.289 e. The zero-order chi connectivity index (χ0) is 16.1. The Labute approximate surface area is 140 Å². The van der Waals surface area contributed by atoms with Crippen LogP contribution in [0.15, 0.2) is 84.9 Å². The van der Waals surface area contributed by atoms with Gasteiger partial charge in [0.2, 0.25) is 0 Å². The highest BCUT2D eigenvalue weighted by Gasteiger charge is 2.26. The van der Waals surface area contributed by atoms with E-state index in [9.17, 15) is 4.79 Å². The summed E-state index contributed by atoms with van der Waals surface area (Å²) in [4.78, 5) is 13.1. The van der Waals surface area contributed by atoms with E-state index in [1.165, 1.54) is 21.9 Å². The summed E-state index contributed by atoms with van der Waals surface area (Å²) in [6.07, 6.45) is 0. The van der Waals surface area contributed by atoms with E-state index in [0.29, 0.717) is 0 Å². The molecule has 1 nitrogen and oxygen atoms in total. The van der Waals surface area contributed by atoms with Crippen LogP contribution in [-0.2, 0) is 0 Å². The van der Waals surface area contributed by atoms with Gasteiger partial charge >= 0.3 is 0 Å². The highest BCUT2D eigenvalue weighted by Crippen LogP contribution is 2.48. The highest BCUT2D eigenvalue weighted by atomic mass is 16.1. The first kappa shape index (κ1) is 13.3. The Bertz CT molecular complexity index is 1110. The Balaban J connectivity index is 1.86. The topological polar surface area (TPSA) is 17.1 Å². The van der Waals surface area contributed by atoms with Gasteiger partial charge in [-0.2, -0.15) is 0 Å². The van der Waals surface area contributed by atoms with Crippen molar-refractivity contribution < 1.29 is 4.79 Å². The molecular weight excluding hydrogens is 292 g/mol. The van der Waals surface area contributed by atoms with Gasteiger partial charge in [-0.05, 0) is 33.5 Å². The first-order chi connectivity index (χ1) is 11.8. The van der Waals surface area contributed by atoms with E-state index < -0.39 is 0 Å². The summed E-state index contributed by atoms with van der Waals surface area (Å²) in [6, 6.07) is 28.3. The number of hydrogen-bond donors (Lipinski definition) is 0. The molecule has 0 spiro atoms. The predicted octanol–water partition coefficient (Wildman–Crippen LogP) is 5.72. The van der Waals surface area contributed by atoms with Crippen LogP contribution in [0.3, 0.4) is 0 Å². The van der Waals surface area contributed by atoms with Crippen molar-refractivity contribution in [2.75, 3.05) is 0 Å². The van der Waals surface area contributed by atoms with E-state index in [-0.39, 0.29) is 5.78 Å². The van der Waals surface area contributed by atoms with E-state index in [1.807, 2.05) is 42.5 Å². The highest BCUT2D eigenvalue weighted by molar-refractivity contribution is 6.23. The molecule has 1 aliphatic carbocycles. The molecule has 0 bridgehead atoms. The Hall–Kier alpha value is -3.19. The van der Waals surface area contributed by atoms with E-state index in [2.05, 4.69) is 42.5 Å². The Kier molecular flexibility index (Phi) is 2.71. The molecule has 0 saturated carbocycles. The predicted molar refractivity (Wildman–Crippen MR) is 98.3 cm³/mol. The lowest BCUT2D eigenvalue weighted by Gasteiger charge is -2.09. The number of carbonyl (C=O) groups is 1. The van der Waals surface area contributed by atoms with Crippen LogP contribution in [-0.4, -0.2) is 5.78 Å². The second-order valence-electron chi connectivity index (χ2n) is 6.13. The molecule has 0 aliphatic heterocycles. The van der Waals surface area contributed by atoms with E-state index >= 15 is 0 Å². The van der Waals surface area contributed by atoms with Crippen molar-refractivity contribution in [2.45, 2.75) is 0 Å². The molecular formula is C23H14O. The van der Waals surface area contributed by atoms with Gasteiger partial charge in [0.15, 0.2) is 5.78 Å². The zero-order valence-corrected chi connectivity index (χ0v) is 13.0. The van der Waals surface area contributed by atoms with Crippen LogP contribution < -0.4 is 0 Å². The average Bonchev–Trinajstić information content (AvgIpc) is 2.99.